The average molecular weight is 705 g/mol. The Kier molecular flexibility index (Phi) is 8.03. The SMILES string of the molecule is CC12C(=CC=CC1c1ccccc1N(c1ccccc1)c1ccc(-c3cccc4c5ccccc5n(-c5ccccc5)c34)cc1)C=CC=C2c1ccccc1. The number of benzene rings is 7. The molecule has 2 unspecified atom stereocenters. The molecule has 2 nitrogen and oxygen atoms in total. The Morgan fingerprint density at radius 1 is 0.527 bits per heavy atom. The number of nitrogens with zero attached hydrogens (tertiary/aromatic N) is 2. The Hall–Kier alpha value is -6.90. The second kappa shape index (κ2) is 13.5. The van der Waals surface area contributed by atoms with Gasteiger partial charge >= 0.3 is 0 Å². The lowest BCUT2D eigenvalue weighted by Gasteiger charge is -2.44. The molecule has 0 aliphatic heterocycles. The third-order valence-electron chi connectivity index (χ3n) is 11.7. The molecular weight excluding hydrogens is 665 g/mol. The molecule has 0 fully saturated rings. The quantitative estimate of drug-likeness (QED) is 0.160. The molecule has 55 heavy (non-hydrogen) atoms. The van der Waals surface area contributed by atoms with E-state index in [2.05, 4.69) is 235 Å². The van der Waals surface area contributed by atoms with Crippen LogP contribution in [0.15, 0.2) is 224 Å². The van der Waals surface area contributed by atoms with Crippen LogP contribution in [0.2, 0.25) is 0 Å². The second-order valence-corrected chi connectivity index (χ2v) is 14.7. The van der Waals surface area contributed by atoms with E-state index in [1.165, 1.54) is 60.9 Å². The molecule has 0 spiro atoms. The van der Waals surface area contributed by atoms with Crippen molar-refractivity contribution in [3.8, 4) is 16.8 Å². The molecule has 1 heterocycles. The van der Waals surface area contributed by atoms with Crippen LogP contribution in [0.4, 0.5) is 17.1 Å². The Bertz CT molecular complexity index is 2800. The van der Waals surface area contributed by atoms with Gasteiger partial charge in [-0.05, 0) is 76.4 Å². The number of hydrogen-bond acceptors (Lipinski definition) is 1. The fourth-order valence-electron chi connectivity index (χ4n) is 9.06. The van der Waals surface area contributed by atoms with Crippen LogP contribution in [0.1, 0.15) is 24.0 Å². The third kappa shape index (κ3) is 5.41. The topological polar surface area (TPSA) is 8.17 Å². The summed E-state index contributed by atoms with van der Waals surface area (Å²) >= 11 is 0. The lowest BCUT2D eigenvalue weighted by atomic mass is 9.59. The number of hydrogen-bond donors (Lipinski definition) is 0. The van der Waals surface area contributed by atoms with Gasteiger partial charge in [-0.25, -0.2) is 0 Å². The van der Waals surface area contributed by atoms with E-state index in [4.69, 9.17) is 0 Å². The average Bonchev–Trinajstić information content (AvgIpc) is 3.59. The molecule has 0 saturated carbocycles. The molecule has 0 saturated heterocycles. The van der Waals surface area contributed by atoms with Crippen molar-refractivity contribution in [2.24, 2.45) is 5.41 Å². The maximum Gasteiger partial charge on any atom is 0.0619 e. The molecular formula is C53H40N2. The van der Waals surface area contributed by atoms with Gasteiger partial charge in [-0.1, -0.05) is 177 Å². The van der Waals surface area contributed by atoms with Crippen molar-refractivity contribution in [3.63, 3.8) is 0 Å². The molecule has 0 amide bonds. The minimum Gasteiger partial charge on any atom is -0.310 e. The smallest absolute Gasteiger partial charge is 0.0619 e. The molecule has 1 aromatic heterocycles. The van der Waals surface area contributed by atoms with E-state index >= 15 is 0 Å². The molecule has 2 aliphatic carbocycles. The van der Waals surface area contributed by atoms with Gasteiger partial charge in [0, 0.05) is 50.4 Å². The zero-order valence-electron chi connectivity index (χ0n) is 30.8. The highest BCUT2D eigenvalue weighted by molar-refractivity contribution is 6.13. The number of aromatic nitrogens is 1. The summed E-state index contributed by atoms with van der Waals surface area (Å²) in [7, 11) is 0. The molecule has 2 heteroatoms. The van der Waals surface area contributed by atoms with E-state index in [0.29, 0.717) is 0 Å². The summed E-state index contributed by atoms with van der Waals surface area (Å²) < 4.78 is 2.42. The zero-order valence-corrected chi connectivity index (χ0v) is 30.8. The molecule has 2 aliphatic rings. The Morgan fingerprint density at radius 3 is 1.98 bits per heavy atom. The van der Waals surface area contributed by atoms with Crippen molar-refractivity contribution in [3.05, 3.63) is 235 Å². The summed E-state index contributed by atoms with van der Waals surface area (Å²) in [5.41, 5.74) is 14.3. The predicted molar refractivity (Wildman–Crippen MR) is 233 cm³/mol. The first-order chi connectivity index (χ1) is 27.2. The summed E-state index contributed by atoms with van der Waals surface area (Å²) in [4.78, 5) is 2.43. The van der Waals surface area contributed by atoms with Crippen LogP contribution in [-0.2, 0) is 0 Å². The van der Waals surface area contributed by atoms with Gasteiger partial charge in [0.25, 0.3) is 0 Å². The van der Waals surface area contributed by atoms with Crippen molar-refractivity contribution < 1.29 is 0 Å². The maximum absolute atomic E-state index is 2.43. The van der Waals surface area contributed by atoms with Crippen molar-refractivity contribution >= 4 is 44.4 Å². The molecule has 0 bridgehead atoms. The van der Waals surface area contributed by atoms with E-state index in [9.17, 15) is 0 Å². The van der Waals surface area contributed by atoms with Crippen LogP contribution >= 0.6 is 0 Å². The van der Waals surface area contributed by atoms with E-state index < -0.39 is 0 Å². The number of anilines is 3. The minimum atomic E-state index is -0.261. The van der Waals surface area contributed by atoms with Gasteiger partial charge in [0.1, 0.15) is 0 Å². The Balaban J connectivity index is 1.11. The molecule has 0 radical (unpaired) electrons. The summed E-state index contributed by atoms with van der Waals surface area (Å²) in [6, 6.07) is 66.0. The number of rotatable bonds is 7. The molecule has 7 aromatic carbocycles. The first kappa shape index (κ1) is 32.7. The van der Waals surface area contributed by atoms with Gasteiger partial charge in [-0.2, -0.15) is 0 Å². The standard InChI is InChI=1S/C53H40N2/c1-53-40(20-15-30-48(53)39-18-5-2-6-19-39)21-16-31-49(53)47-27-12-14-33-51(47)54(41-22-7-3-8-23-41)43-36-34-38(35-37-43)44-28-17-29-46-45-26-11-13-32-50(45)55(52(44)46)42-24-9-4-10-25-42/h2-37,49H,1H3. The highest BCUT2D eigenvalue weighted by Crippen LogP contribution is 2.57. The normalized spacial score (nSPS) is 17.5. The molecule has 262 valence electrons. The summed E-state index contributed by atoms with van der Waals surface area (Å²) in [6.07, 6.45) is 13.7. The fourth-order valence-corrected chi connectivity index (χ4v) is 9.06. The van der Waals surface area contributed by atoms with Crippen molar-refractivity contribution in [1.29, 1.82) is 0 Å². The number of fused-ring (bicyclic) bond motifs is 4. The molecule has 2 atom stereocenters. The summed E-state index contributed by atoms with van der Waals surface area (Å²) in [5, 5.41) is 2.51. The van der Waals surface area contributed by atoms with Crippen LogP contribution in [0.3, 0.4) is 0 Å². The summed E-state index contributed by atoms with van der Waals surface area (Å²) in [5.74, 6) is 0.100. The van der Waals surface area contributed by atoms with Gasteiger partial charge in [-0.3, -0.25) is 0 Å². The third-order valence-corrected chi connectivity index (χ3v) is 11.7. The highest BCUT2D eigenvalue weighted by Gasteiger charge is 2.43. The minimum absolute atomic E-state index is 0.100. The Morgan fingerprint density at radius 2 is 1.18 bits per heavy atom. The van der Waals surface area contributed by atoms with E-state index in [1.807, 2.05) is 0 Å². The van der Waals surface area contributed by atoms with E-state index in [-0.39, 0.29) is 11.3 Å². The first-order valence-electron chi connectivity index (χ1n) is 19.2. The zero-order chi connectivity index (χ0) is 36.8. The lowest BCUT2D eigenvalue weighted by molar-refractivity contribution is 0.478. The molecule has 0 N–H and O–H groups in total. The van der Waals surface area contributed by atoms with E-state index in [0.717, 1.165) is 17.1 Å². The van der Waals surface area contributed by atoms with Gasteiger partial charge in [0.2, 0.25) is 0 Å². The first-order valence-corrected chi connectivity index (χ1v) is 19.2. The Labute approximate surface area is 323 Å². The predicted octanol–water partition coefficient (Wildman–Crippen LogP) is 14.2. The van der Waals surface area contributed by atoms with Crippen LogP contribution in [0.5, 0.6) is 0 Å². The largest absolute Gasteiger partial charge is 0.310 e. The lowest BCUT2D eigenvalue weighted by Crippen LogP contribution is -2.32. The monoisotopic (exact) mass is 704 g/mol. The second-order valence-electron chi connectivity index (χ2n) is 14.7. The van der Waals surface area contributed by atoms with Gasteiger partial charge in [0.05, 0.1) is 11.0 Å². The number of para-hydroxylation sites is 5. The van der Waals surface area contributed by atoms with E-state index in [1.54, 1.807) is 0 Å². The molecule has 10 rings (SSSR count). The fraction of sp³-hybridized carbons (Fsp3) is 0.0566. The summed E-state index contributed by atoms with van der Waals surface area (Å²) in [6.45, 7) is 2.42. The van der Waals surface area contributed by atoms with Crippen molar-refractivity contribution in [2.75, 3.05) is 4.90 Å². The van der Waals surface area contributed by atoms with Crippen LogP contribution in [0.25, 0.3) is 44.2 Å². The highest BCUT2D eigenvalue weighted by atomic mass is 15.1. The van der Waals surface area contributed by atoms with Gasteiger partial charge in [-0.15, -0.1) is 0 Å². The van der Waals surface area contributed by atoms with Crippen LogP contribution < -0.4 is 4.90 Å². The maximum atomic E-state index is 2.43. The van der Waals surface area contributed by atoms with Gasteiger partial charge in [0.15, 0.2) is 0 Å². The van der Waals surface area contributed by atoms with Crippen molar-refractivity contribution in [2.45, 2.75) is 12.8 Å². The van der Waals surface area contributed by atoms with Crippen LogP contribution in [0, 0.1) is 5.41 Å². The van der Waals surface area contributed by atoms with Crippen molar-refractivity contribution in [1.82, 2.24) is 4.57 Å². The van der Waals surface area contributed by atoms with Gasteiger partial charge < -0.3 is 9.47 Å². The van der Waals surface area contributed by atoms with Crippen LogP contribution in [-0.4, -0.2) is 4.57 Å². The number of allylic oxidation sites excluding steroid dienone is 8. The molecule has 8 aromatic rings.